The number of fused-ring (bicyclic) bond motifs is 1. The molecule has 150 valence electrons. The minimum Gasteiger partial charge on any atom is -0.364 e. The molecule has 1 atom stereocenters. The Morgan fingerprint density at radius 2 is 1.83 bits per heavy atom. The molecule has 1 aliphatic heterocycles. The fourth-order valence-corrected chi connectivity index (χ4v) is 4.41. The van der Waals surface area contributed by atoms with E-state index in [0.717, 1.165) is 37.3 Å². The number of anilines is 1. The summed E-state index contributed by atoms with van der Waals surface area (Å²) < 4.78 is 5.70. The summed E-state index contributed by atoms with van der Waals surface area (Å²) in [5, 5.41) is 3.59. The van der Waals surface area contributed by atoms with Crippen molar-refractivity contribution in [1.29, 1.82) is 0 Å². The van der Waals surface area contributed by atoms with Crippen LogP contribution in [0.1, 0.15) is 28.6 Å². The van der Waals surface area contributed by atoms with Crippen molar-refractivity contribution in [2.75, 3.05) is 11.9 Å². The summed E-state index contributed by atoms with van der Waals surface area (Å²) in [4.78, 5) is 20.8. The maximum Gasteiger partial charge on any atom is 0.255 e. The third-order valence-corrected chi connectivity index (χ3v) is 6.00. The first kappa shape index (κ1) is 19.8. The summed E-state index contributed by atoms with van der Waals surface area (Å²) in [6.45, 7) is 4.98. The van der Waals surface area contributed by atoms with Crippen LogP contribution < -0.4 is 5.32 Å². The number of carbonyl (C=O) groups excluding carboxylic acids is 1. The number of nitrogens with zero attached hydrogens (tertiary/aromatic N) is 2. The van der Waals surface area contributed by atoms with Crippen LogP contribution in [0.5, 0.6) is 0 Å². The molecule has 2 aromatic carbocycles. The molecule has 29 heavy (non-hydrogen) atoms. The van der Waals surface area contributed by atoms with Gasteiger partial charge in [-0.3, -0.25) is 15.0 Å². The molecule has 4 rings (SSSR count). The minimum absolute atomic E-state index is 0.159. The van der Waals surface area contributed by atoms with Crippen molar-refractivity contribution in [1.82, 2.24) is 9.88 Å². The first-order valence-corrected chi connectivity index (χ1v) is 10.7. The van der Waals surface area contributed by atoms with E-state index in [4.69, 9.17) is 4.74 Å². The maximum atomic E-state index is 12.5. The summed E-state index contributed by atoms with van der Waals surface area (Å²) in [6, 6.07) is 20.4. The molecule has 0 radical (unpaired) electrons. The monoisotopic (exact) mass is 407 g/mol. The number of rotatable bonds is 7. The number of thiazole rings is 1. The lowest BCUT2D eigenvalue weighted by atomic mass is 10.1. The number of benzene rings is 2. The van der Waals surface area contributed by atoms with Crippen LogP contribution in [-0.2, 0) is 35.6 Å². The normalized spacial score (nSPS) is 14.9. The SMILES string of the molecule is CC(OCc1ccccc1)C(=O)Nc1nc2c(s1)CN(Cc1ccccc1)CC2. The average molecular weight is 408 g/mol. The predicted octanol–water partition coefficient (Wildman–Crippen LogP) is 4.25. The quantitative estimate of drug-likeness (QED) is 0.636. The molecule has 3 aromatic rings. The Hall–Kier alpha value is -2.54. The van der Waals surface area contributed by atoms with Gasteiger partial charge in [0, 0.05) is 30.9 Å². The van der Waals surface area contributed by atoms with Crippen molar-refractivity contribution >= 4 is 22.4 Å². The maximum absolute atomic E-state index is 12.5. The zero-order chi connectivity index (χ0) is 20.1. The number of hydrogen-bond donors (Lipinski definition) is 1. The molecule has 1 amide bonds. The Morgan fingerprint density at radius 1 is 1.14 bits per heavy atom. The van der Waals surface area contributed by atoms with Gasteiger partial charge < -0.3 is 4.74 Å². The van der Waals surface area contributed by atoms with E-state index in [-0.39, 0.29) is 5.91 Å². The van der Waals surface area contributed by atoms with Crippen molar-refractivity contribution in [3.05, 3.63) is 82.4 Å². The molecule has 2 heterocycles. The van der Waals surface area contributed by atoms with E-state index in [1.54, 1.807) is 18.3 Å². The van der Waals surface area contributed by atoms with Gasteiger partial charge in [-0.05, 0) is 18.1 Å². The van der Waals surface area contributed by atoms with Gasteiger partial charge in [0.2, 0.25) is 0 Å². The lowest BCUT2D eigenvalue weighted by Crippen LogP contribution is -2.29. The van der Waals surface area contributed by atoms with Crippen molar-refractivity contribution in [3.63, 3.8) is 0 Å². The second-order valence-corrected chi connectivity index (χ2v) is 8.35. The number of nitrogens with one attached hydrogen (secondary N) is 1. The van der Waals surface area contributed by atoms with Crippen molar-refractivity contribution < 1.29 is 9.53 Å². The summed E-state index contributed by atoms with van der Waals surface area (Å²) in [5.74, 6) is -0.159. The van der Waals surface area contributed by atoms with E-state index in [1.165, 1.54) is 10.4 Å². The molecule has 1 aromatic heterocycles. The molecule has 1 aliphatic rings. The molecule has 1 N–H and O–H groups in total. The lowest BCUT2D eigenvalue weighted by Gasteiger charge is -2.25. The van der Waals surface area contributed by atoms with E-state index < -0.39 is 6.10 Å². The van der Waals surface area contributed by atoms with Crippen LogP contribution in [0.15, 0.2) is 60.7 Å². The van der Waals surface area contributed by atoms with Crippen molar-refractivity contribution in [2.45, 2.75) is 39.1 Å². The molecule has 0 spiro atoms. The standard InChI is InChI=1S/C23H25N3O2S/c1-17(28-16-19-10-6-3-7-11-19)22(27)25-23-24-20-12-13-26(15-21(20)29-23)14-18-8-4-2-5-9-18/h2-11,17H,12-16H2,1H3,(H,24,25,27). The molecular formula is C23H25N3O2S. The first-order valence-electron chi connectivity index (χ1n) is 9.88. The number of aromatic nitrogens is 1. The van der Waals surface area contributed by atoms with Crippen LogP contribution in [0.2, 0.25) is 0 Å². The molecule has 0 saturated heterocycles. The Labute approximate surface area is 175 Å². The van der Waals surface area contributed by atoms with Gasteiger partial charge in [0.05, 0.1) is 12.3 Å². The smallest absolute Gasteiger partial charge is 0.255 e. The Kier molecular flexibility index (Phi) is 6.34. The van der Waals surface area contributed by atoms with Crippen LogP contribution in [0.3, 0.4) is 0 Å². The number of amides is 1. The highest BCUT2D eigenvalue weighted by Crippen LogP contribution is 2.29. The van der Waals surface area contributed by atoms with Gasteiger partial charge in [0.25, 0.3) is 5.91 Å². The largest absolute Gasteiger partial charge is 0.364 e. The van der Waals surface area contributed by atoms with Gasteiger partial charge in [-0.25, -0.2) is 4.98 Å². The molecular weight excluding hydrogens is 382 g/mol. The third-order valence-electron chi connectivity index (χ3n) is 5.00. The second kappa shape index (κ2) is 9.31. The van der Waals surface area contributed by atoms with Gasteiger partial charge >= 0.3 is 0 Å². The molecule has 6 heteroatoms. The van der Waals surface area contributed by atoms with Crippen molar-refractivity contribution in [2.24, 2.45) is 0 Å². The zero-order valence-electron chi connectivity index (χ0n) is 16.5. The summed E-state index contributed by atoms with van der Waals surface area (Å²) in [7, 11) is 0. The summed E-state index contributed by atoms with van der Waals surface area (Å²) in [6.07, 6.45) is 0.375. The van der Waals surface area contributed by atoms with E-state index in [0.29, 0.717) is 11.7 Å². The predicted molar refractivity (Wildman–Crippen MR) is 116 cm³/mol. The zero-order valence-corrected chi connectivity index (χ0v) is 17.3. The highest BCUT2D eigenvalue weighted by Gasteiger charge is 2.22. The van der Waals surface area contributed by atoms with Crippen LogP contribution in [0.25, 0.3) is 0 Å². The molecule has 0 aliphatic carbocycles. The average Bonchev–Trinajstić information content (AvgIpc) is 3.15. The first-order chi connectivity index (χ1) is 14.2. The molecule has 0 bridgehead atoms. The minimum atomic E-state index is -0.536. The van der Waals surface area contributed by atoms with Crippen molar-refractivity contribution in [3.8, 4) is 0 Å². The fraction of sp³-hybridized carbons (Fsp3) is 0.304. The van der Waals surface area contributed by atoms with Crippen LogP contribution in [-0.4, -0.2) is 28.4 Å². The number of ether oxygens (including phenoxy) is 1. The van der Waals surface area contributed by atoms with Gasteiger partial charge in [-0.1, -0.05) is 60.7 Å². The second-order valence-electron chi connectivity index (χ2n) is 7.26. The fourth-order valence-electron chi connectivity index (χ4n) is 3.36. The van der Waals surface area contributed by atoms with E-state index in [2.05, 4.69) is 39.5 Å². The molecule has 1 unspecified atom stereocenters. The van der Waals surface area contributed by atoms with Crippen LogP contribution in [0, 0.1) is 0 Å². The number of carbonyl (C=O) groups is 1. The van der Waals surface area contributed by atoms with Crippen LogP contribution in [0.4, 0.5) is 5.13 Å². The Balaban J connectivity index is 1.31. The highest BCUT2D eigenvalue weighted by molar-refractivity contribution is 7.15. The van der Waals surface area contributed by atoms with Gasteiger partial charge in [-0.15, -0.1) is 11.3 Å². The molecule has 0 saturated carbocycles. The van der Waals surface area contributed by atoms with E-state index in [9.17, 15) is 4.79 Å². The molecule has 5 nitrogen and oxygen atoms in total. The van der Waals surface area contributed by atoms with Crippen LogP contribution >= 0.6 is 11.3 Å². The van der Waals surface area contributed by atoms with E-state index >= 15 is 0 Å². The van der Waals surface area contributed by atoms with Gasteiger partial charge in [0.1, 0.15) is 6.10 Å². The molecule has 0 fully saturated rings. The number of hydrogen-bond acceptors (Lipinski definition) is 5. The third kappa shape index (κ3) is 5.29. The highest BCUT2D eigenvalue weighted by atomic mass is 32.1. The lowest BCUT2D eigenvalue weighted by molar-refractivity contribution is -0.127. The van der Waals surface area contributed by atoms with Gasteiger partial charge in [0.15, 0.2) is 5.13 Å². The van der Waals surface area contributed by atoms with E-state index in [1.807, 2.05) is 36.4 Å². The Morgan fingerprint density at radius 3 is 2.55 bits per heavy atom. The summed E-state index contributed by atoms with van der Waals surface area (Å²) >= 11 is 1.57. The Bertz CT molecular complexity index is 943. The summed E-state index contributed by atoms with van der Waals surface area (Å²) in [5.41, 5.74) is 3.47. The topological polar surface area (TPSA) is 54.5 Å². The van der Waals surface area contributed by atoms with Gasteiger partial charge in [-0.2, -0.15) is 0 Å².